The first-order chi connectivity index (χ1) is 20.7. The van der Waals surface area contributed by atoms with Crippen molar-refractivity contribution in [3.05, 3.63) is 170 Å². The van der Waals surface area contributed by atoms with Crippen molar-refractivity contribution in [2.75, 3.05) is 9.80 Å². The van der Waals surface area contributed by atoms with Crippen molar-refractivity contribution < 1.29 is 0 Å². The zero-order valence-electron chi connectivity index (χ0n) is 23.4. The Bertz CT molecular complexity index is 1840. The second-order valence-electron chi connectivity index (χ2n) is 10.3. The van der Waals surface area contributed by atoms with Gasteiger partial charge in [-0.15, -0.1) is 0 Å². The van der Waals surface area contributed by atoms with Crippen LogP contribution in [0.5, 0.6) is 0 Å². The second kappa shape index (κ2) is 11.1. The zero-order chi connectivity index (χ0) is 28.3. The Morgan fingerprint density at radius 1 is 0.452 bits per heavy atom. The summed E-state index contributed by atoms with van der Waals surface area (Å²) in [4.78, 5) is 9.38. The summed E-state index contributed by atoms with van der Waals surface area (Å²) >= 11 is 0. The van der Waals surface area contributed by atoms with E-state index in [4.69, 9.17) is 4.98 Å². The molecule has 0 bridgehead atoms. The lowest BCUT2D eigenvalue weighted by atomic mass is 10.1. The van der Waals surface area contributed by atoms with Crippen molar-refractivity contribution in [2.45, 2.75) is 6.92 Å². The average molecular weight is 543 g/mol. The number of para-hydroxylation sites is 2. The molecular formula is C38H30N4. The molecule has 2 heterocycles. The van der Waals surface area contributed by atoms with Gasteiger partial charge in [0.05, 0.1) is 5.69 Å². The van der Waals surface area contributed by atoms with Gasteiger partial charge in [-0.25, -0.2) is 4.98 Å². The molecule has 0 aliphatic carbocycles. The number of anilines is 6. The first kappa shape index (κ1) is 25.4. The number of imidazole rings is 1. The molecule has 4 heteroatoms. The third kappa shape index (κ3) is 5.02. The molecule has 2 aromatic heterocycles. The fourth-order valence-electron chi connectivity index (χ4n) is 5.35. The first-order valence-corrected chi connectivity index (χ1v) is 14.1. The number of nitrogens with zero attached hydrogens (tertiary/aromatic N) is 4. The minimum absolute atomic E-state index is 0.943. The van der Waals surface area contributed by atoms with Crippen molar-refractivity contribution >= 4 is 39.8 Å². The van der Waals surface area contributed by atoms with E-state index in [1.54, 1.807) is 0 Å². The van der Waals surface area contributed by atoms with E-state index >= 15 is 0 Å². The lowest BCUT2D eigenvalue weighted by molar-refractivity contribution is 1.19. The standard InChI is InChI=1S/C38H30N4/c1-29-15-19-33(20-16-29)42(34-21-17-30(18-22-34)37-28-40-27-9-8-14-38(40)39-37)36-25-23-35(24-26-36)41(31-10-4-2-5-11-31)32-12-6-3-7-13-32/h2-28H,1H3. The van der Waals surface area contributed by atoms with Crippen LogP contribution in [-0.4, -0.2) is 9.38 Å². The van der Waals surface area contributed by atoms with Crippen LogP contribution in [0.25, 0.3) is 16.9 Å². The molecule has 0 spiro atoms. The maximum atomic E-state index is 4.80. The molecule has 0 saturated heterocycles. The number of rotatable bonds is 7. The molecule has 0 amide bonds. The van der Waals surface area contributed by atoms with Crippen LogP contribution in [-0.2, 0) is 0 Å². The van der Waals surface area contributed by atoms with Gasteiger partial charge in [0.1, 0.15) is 5.65 Å². The third-order valence-corrected chi connectivity index (χ3v) is 7.47. The fraction of sp³-hybridized carbons (Fsp3) is 0.0263. The summed E-state index contributed by atoms with van der Waals surface area (Å²) in [5.74, 6) is 0. The van der Waals surface area contributed by atoms with Crippen molar-refractivity contribution in [3.63, 3.8) is 0 Å². The minimum Gasteiger partial charge on any atom is -0.311 e. The van der Waals surface area contributed by atoms with Crippen molar-refractivity contribution in [3.8, 4) is 11.3 Å². The molecule has 0 radical (unpaired) electrons. The monoisotopic (exact) mass is 542 g/mol. The van der Waals surface area contributed by atoms with E-state index in [1.165, 1.54) is 5.56 Å². The van der Waals surface area contributed by atoms with E-state index in [-0.39, 0.29) is 0 Å². The van der Waals surface area contributed by atoms with Gasteiger partial charge in [0.25, 0.3) is 0 Å². The van der Waals surface area contributed by atoms with E-state index in [9.17, 15) is 0 Å². The highest BCUT2D eigenvalue weighted by Crippen LogP contribution is 2.39. The Hall–Kier alpha value is -5.61. The molecule has 0 atom stereocenters. The number of aromatic nitrogens is 2. The molecule has 202 valence electrons. The van der Waals surface area contributed by atoms with Gasteiger partial charge in [0.15, 0.2) is 0 Å². The van der Waals surface area contributed by atoms with E-state index in [1.807, 2.05) is 24.4 Å². The molecule has 0 saturated carbocycles. The predicted molar refractivity (Wildman–Crippen MR) is 175 cm³/mol. The van der Waals surface area contributed by atoms with Crippen LogP contribution in [0.1, 0.15) is 5.56 Å². The van der Waals surface area contributed by atoms with Crippen LogP contribution in [0.3, 0.4) is 0 Å². The topological polar surface area (TPSA) is 23.8 Å². The highest BCUT2D eigenvalue weighted by molar-refractivity contribution is 5.81. The largest absolute Gasteiger partial charge is 0.311 e. The van der Waals surface area contributed by atoms with Gasteiger partial charge >= 0.3 is 0 Å². The molecule has 7 aromatic rings. The van der Waals surface area contributed by atoms with Gasteiger partial charge in [-0.05, 0) is 91.9 Å². The van der Waals surface area contributed by atoms with Crippen LogP contribution in [0.4, 0.5) is 34.1 Å². The first-order valence-electron chi connectivity index (χ1n) is 14.1. The number of hydrogen-bond donors (Lipinski definition) is 0. The number of benzene rings is 5. The molecule has 0 fully saturated rings. The lowest BCUT2D eigenvalue weighted by Crippen LogP contribution is -2.12. The van der Waals surface area contributed by atoms with Crippen LogP contribution in [0, 0.1) is 6.92 Å². The zero-order valence-corrected chi connectivity index (χ0v) is 23.4. The van der Waals surface area contributed by atoms with E-state index in [0.29, 0.717) is 0 Å². The highest BCUT2D eigenvalue weighted by Gasteiger charge is 2.16. The van der Waals surface area contributed by atoms with Crippen LogP contribution < -0.4 is 9.80 Å². The maximum absolute atomic E-state index is 4.80. The van der Waals surface area contributed by atoms with E-state index in [2.05, 4.69) is 161 Å². The minimum atomic E-state index is 0.943. The molecule has 4 nitrogen and oxygen atoms in total. The second-order valence-corrected chi connectivity index (χ2v) is 10.3. The Morgan fingerprint density at radius 2 is 0.881 bits per heavy atom. The van der Waals surface area contributed by atoms with Crippen LogP contribution in [0.2, 0.25) is 0 Å². The summed E-state index contributed by atoms with van der Waals surface area (Å²) in [6.07, 6.45) is 4.10. The highest BCUT2D eigenvalue weighted by atomic mass is 15.2. The smallest absolute Gasteiger partial charge is 0.137 e. The summed E-state index contributed by atoms with van der Waals surface area (Å²) in [6, 6.07) is 53.2. The molecule has 5 aromatic carbocycles. The number of fused-ring (bicyclic) bond motifs is 1. The van der Waals surface area contributed by atoms with Crippen LogP contribution in [0.15, 0.2) is 164 Å². The molecule has 0 aliphatic rings. The normalized spacial score (nSPS) is 11.0. The Balaban J connectivity index is 1.26. The van der Waals surface area contributed by atoms with Crippen molar-refractivity contribution in [1.82, 2.24) is 9.38 Å². The van der Waals surface area contributed by atoms with E-state index < -0.39 is 0 Å². The molecular weight excluding hydrogens is 512 g/mol. The predicted octanol–water partition coefficient (Wildman–Crippen LogP) is 10.2. The summed E-state index contributed by atoms with van der Waals surface area (Å²) in [5.41, 5.74) is 10.8. The average Bonchev–Trinajstić information content (AvgIpc) is 3.49. The molecule has 0 unspecified atom stereocenters. The van der Waals surface area contributed by atoms with Gasteiger partial charge in [0, 0.05) is 52.1 Å². The van der Waals surface area contributed by atoms with Crippen molar-refractivity contribution in [2.24, 2.45) is 0 Å². The Morgan fingerprint density at radius 3 is 1.38 bits per heavy atom. The lowest BCUT2D eigenvalue weighted by Gasteiger charge is -2.28. The van der Waals surface area contributed by atoms with Crippen LogP contribution >= 0.6 is 0 Å². The number of pyridine rings is 1. The molecule has 0 aliphatic heterocycles. The summed E-state index contributed by atoms with van der Waals surface area (Å²) in [7, 11) is 0. The van der Waals surface area contributed by atoms with E-state index in [0.717, 1.165) is 51.0 Å². The maximum Gasteiger partial charge on any atom is 0.137 e. The van der Waals surface area contributed by atoms with Gasteiger partial charge in [-0.1, -0.05) is 72.3 Å². The molecule has 42 heavy (non-hydrogen) atoms. The Kier molecular flexibility index (Phi) is 6.71. The van der Waals surface area contributed by atoms with Gasteiger partial charge in [-0.2, -0.15) is 0 Å². The van der Waals surface area contributed by atoms with Gasteiger partial charge in [-0.3, -0.25) is 0 Å². The summed E-state index contributed by atoms with van der Waals surface area (Å²) in [5, 5.41) is 0. The molecule has 0 N–H and O–H groups in total. The van der Waals surface area contributed by atoms with Gasteiger partial charge < -0.3 is 14.2 Å². The SMILES string of the molecule is Cc1ccc(N(c2ccc(-c3cn4ccccc4n3)cc2)c2ccc(N(c3ccccc3)c3ccccc3)cc2)cc1. The van der Waals surface area contributed by atoms with Crippen molar-refractivity contribution in [1.29, 1.82) is 0 Å². The van der Waals surface area contributed by atoms with Gasteiger partial charge in [0.2, 0.25) is 0 Å². The quantitative estimate of drug-likeness (QED) is 0.200. The number of hydrogen-bond acceptors (Lipinski definition) is 3. The summed E-state index contributed by atoms with van der Waals surface area (Å²) < 4.78 is 2.05. The summed E-state index contributed by atoms with van der Waals surface area (Å²) in [6.45, 7) is 2.12. The Labute approximate surface area is 246 Å². The molecule has 7 rings (SSSR count). The fourth-order valence-corrected chi connectivity index (χ4v) is 5.35. The number of aryl methyl sites for hydroxylation is 1. The third-order valence-electron chi connectivity index (χ3n) is 7.47.